The van der Waals surface area contributed by atoms with Crippen molar-refractivity contribution < 1.29 is 23.9 Å². The summed E-state index contributed by atoms with van der Waals surface area (Å²) in [6, 6.07) is 14.2. The number of likely N-dealkylation sites (tertiary alicyclic amines) is 1. The van der Waals surface area contributed by atoms with Gasteiger partial charge in [0.05, 0.1) is 5.97 Å². The molecule has 0 saturated carbocycles. The molecule has 1 saturated heterocycles. The van der Waals surface area contributed by atoms with Crippen LogP contribution in [0, 0.1) is 11.7 Å². The highest BCUT2D eigenvalue weighted by atomic mass is 19.1. The molecular formula is C26H21FN3O5-. The van der Waals surface area contributed by atoms with Crippen LogP contribution in [0.2, 0.25) is 0 Å². The Kier molecular flexibility index (Phi) is 5.68. The van der Waals surface area contributed by atoms with Gasteiger partial charge in [-0.25, -0.2) is 4.39 Å². The molecule has 9 heteroatoms. The number of amides is 2. The molecule has 0 aliphatic carbocycles. The summed E-state index contributed by atoms with van der Waals surface area (Å²) in [5.41, 5.74) is 1.06. The first-order valence-corrected chi connectivity index (χ1v) is 11.2. The van der Waals surface area contributed by atoms with Crippen molar-refractivity contribution in [2.75, 3.05) is 18.4 Å². The summed E-state index contributed by atoms with van der Waals surface area (Å²) < 4.78 is 14.8. The number of piperidine rings is 1. The molecule has 2 aromatic carbocycles. The number of nitrogens with zero attached hydrogens (tertiary/aromatic N) is 2. The third kappa shape index (κ3) is 4.32. The van der Waals surface area contributed by atoms with Crippen molar-refractivity contribution in [3.8, 4) is 0 Å². The molecule has 8 nitrogen and oxygen atoms in total. The van der Waals surface area contributed by atoms with E-state index >= 15 is 0 Å². The van der Waals surface area contributed by atoms with Gasteiger partial charge < -0.3 is 24.7 Å². The van der Waals surface area contributed by atoms with Gasteiger partial charge in [-0.3, -0.25) is 14.4 Å². The summed E-state index contributed by atoms with van der Waals surface area (Å²) in [7, 11) is 0. The predicted octanol–water partition coefficient (Wildman–Crippen LogP) is 1.86. The van der Waals surface area contributed by atoms with Crippen LogP contribution in [0.25, 0.3) is 0 Å². The number of carbonyl (C=O) groups excluding carboxylic acids is 3. The van der Waals surface area contributed by atoms with Gasteiger partial charge in [-0.15, -0.1) is 0 Å². The quantitative estimate of drug-likeness (QED) is 0.621. The van der Waals surface area contributed by atoms with Gasteiger partial charge in [-0.1, -0.05) is 12.1 Å². The number of halogens is 1. The maximum absolute atomic E-state index is 13.2. The van der Waals surface area contributed by atoms with Crippen LogP contribution < -0.4 is 16.0 Å². The topological polar surface area (TPSA) is 112 Å². The lowest BCUT2D eigenvalue weighted by Crippen LogP contribution is -2.49. The Morgan fingerprint density at radius 3 is 2.40 bits per heavy atom. The van der Waals surface area contributed by atoms with Crippen LogP contribution in [0.15, 0.2) is 65.5 Å². The fourth-order valence-corrected chi connectivity index (χ4v) is 4.96. The van der Waals surface area contributed by atoms with Crippen molar-refractivity contribution in [1.82, 2.24) is 9.47 Å². The van der Waals surface area contributed by atoms with E-state index in [1.54, 1.807) is 27.7 Å². The van der Waals surface area contributed by atoms with Crippen molar-refractivity contribution in [3.63, 3.8) is 0 Å². The van der Waals surface area contributed by atoms with E-state index in [4.69, 9.17) is 0 Å². The first-order chi connectivity index (χ1) is 16.8. The van der Waals surface area contributed by atoms with Crippen LogP contribution in [-0.2, 0) is 6.54 Å². The highest BCUT2D eigenvalue weighted by Gasteiger charge is 2.37. The minimum absolute atomic E-state index is 0.0373. The number of nitrogens with one attached hydrogen (secondary N) is 1. The predicted molar refractivity (Wildman–Crippen MR) is 123 cm³/mol. The number of anilines is 1. The Balaban J connectivity index is 1.36. The fraction of sp³-hybridized carbons (Fsp3) is 0.231. The molecule has 2 atom stereocenters. The lowest BCUT2D eigenvalue weighted by atomic mass is 9.83. The molecule has 2 bridgehead atoms. The molecule has 0 spiro atoms. The van der Waals surface area contributed by atoms with Crippen LogP contribution >= 0.6 is 0 Å². The Labute approximate surface area is 199 Å². The van der Waals surface area contributed by atoms with E-state index in [1.165, 1.54) is 42.5 Å². The van der Waals surface area contributed by atoms with Gasteiger partial charge in [-0.2, -0.15) is 0 Å². The van der Waals surface area contributed by atoms with Gasteiger partial charge in [0.1, 0.15) is 11.5 Å². The maximum Gasteiger partial charge on any atom is 0.274 e. The number of fused-ring (bicyclic) bond motifs is 4. The molecule has 2 aliphatic heterocycles. The minimum atomic E-state index is -1.34. The molecule has 3 heterocycles. The molecule has 2 aliphatic rings. The Morgan fingerprint density at radius 1 is 0.914 bits per heavy atom. The zero-order chi connectivity index (χ0) is 24.7. The first kappa shape index (κ1) is 22.5. The second kappa shape index (κ2) is 8.83. The Bertz CT molecular complexity index is 1400. The largest absolute Gasteiger partial charge is 0.545 e. The Morgan fingerprint density at radius 2 is 1.66 bits per heavy atom. The number of hydrogen-bond donors (Lipinski definition) is 1. The summed E-state index contributed by atoms with van der Waals surface area (Å²) >= 11 is 0. The molecule has 1 N–H and O–H groups in total. The number of aromatic nitrogens is 1. The highest BCUT2D eigenvalue weighted by molar-refractivity contribution is 6.04. The van der Waals surface area contributed by atoms with Crippen molar-refractivity contribution in [3.05, 3.63) is 99.2 Å². The maximum atomic E-state index is 13.2. The van der Waals surface area contributed by atoms with Crippen LogP contribution in [-0.4, -0.2) is 40.3 Å². The van der Waals surface area contributed by atoms with Crippen molar-refractivity contribution in [1.29, 1.82) is 0 Å². The monoisotopic (exact) mass is 474 g/mol. The number of hydrogen-bond acceptors (Lipinski definition) is 5. The smallest absolute Gasteiger partial charge is 0.274 e. The van der Waals surface area contributed by atoms with E-state index in [9.17, 15) is 28.7 Å². The summed E-state index contributed by atoms with van der Waals surface area (Å²) in [5, 5.41) is 13.8. The summed E-state index contributed by atoms with van der Waals surface area (Å²) in [5.74, 6) is -2.59. The van der Waals surface area contributed by atoms with Gasteiger partial charge >= 0.3 is 0 Å². The number of rotatable bonds is 4. The number of aromatic carboxylic acids is 1. The molecule has 1 aromatic heterocycles. The third-order valence-electron chi connectivity index (χ3n) is 6.59. The van der Waals surface area contributed by atoms with Crippen LogP contribution in [0.5, 0.6) is 0 Å². The molecule has 178 valence electrons. The molecule has 5 rings (SSSR count). The average Bonchev–Trinajstić information content (AvgIpc) is 2.86. The summed E-state index contributed by atoms with van der Waals surface area (Å²) in [6.07, 6.45) is 0.823. The lowest BCUT2D eigenvalue weighted by Gasteiger charge is -2.43. The van der Waals surface area contributed by atoms with Gasteiger partial charge in [-0.05, 0) is 66.4 Å². The molecule has 0 radical (unpaired) electrons. The van der Waals surface area contributed by atoms with E-state index < -0.39 is 17.7 Å². The fourth-order valence-electron chi connectivity index (χ4n) is 4.96. The minimum Gasteiger partial charge on any atom is -0.545 e. The van der Waals surface area contributed by atoms with Crippen molar-refractivity contribution in [2.45, 2.75) is 18.9 Å². The molecular weight excluding hydrogens is 453 g/mol. The second-order valence-corrected chi connectivity index (χ2v) is 8.93. The zero-order valence-electron chi connectivity index (χ0n) is 18.6. The van der Waals surface area contributed by atoms with Crippen LogP contribution in [0.3, 0.4) is 0 Å². The standard InChI is InChI=1S/C26H22FN3O5/c27-20-6-4-16(5-7-20)23(31)28-21-8-9-22-19-10-15(13-30(22)25(21)33)12-29(14-19)24(32)17-2-1-3-18(11-17)26(34)35/h1-9,11,15,19H,10,12-14H2,(H,28,31)(H,34,35)/p-1/t15-,19+/m0/s1. The number of pyridine rings is 1. The third-order valence-corrected chi connectivity index (χ3v) is 6.59. The van der Waals surface area contributed by atoms with Gasteiger partial charge in [0.15, 0.2) is 0 Å². The van der Waals surface area contributed by atoms with E-state index in [0.29, 0.717) is 19.6 Å². The van der Waals surface area contributed by atoms with Gasteiger partial charge in [0.25, 0.3) is 17.4 Å². The lowest BCUT2D eigenvalue weighted by molar-refractivity contribution is -0.255. The molecule has 3 aromatic rings. The number of carboxylic acid groups (broad SMARTS) is 1. The molecule has 2 amide bonds. The number of carboxylic acids is 1. The van der Waals surface area contributed by atoms with Crippen LogP contribution in [0.4, 0.5) is 10.1 Å². The number of benzene rings is 2. The molecule has 0 unspecified atom stereocenters. The number of carbonyl (C=O) groups is 3. The highest BCUT2D eigenvalue weighted by Crippen LogP contribution is 2.36. The van der Waals surface area contributed by atoms with Crippen LogP contribution in [0.1, 0.15) is 49.1 Å². The second-order valence-electron chi connectivity index (χ2n) is 8.93. The van der Waals surface area contributed by atoms with Crippen molar-refractivity contribution >= 4 is 23.5 Å². The summed E-state index contributed by atoms with van der Waals surface area (Å²) in [4.78, 5) is 51.6. The van der Waals surface area contributed by atoms with Gasteiger partial charge in [0, 0.05) is 42.4 Å². The molecule has 1 fully saturated rings. The SMILES string of the molecule is O=C([O-])c1cccc(C(=O)N2C[C@@H]3C[C@H](C2)c2ccc(NC(=O)c4ccc(F)cc4)c(=O)n2C3)c1. The Hall–Kier alpha value is -4.27. The normalized spacial score (nSPS) is 18.5. The van der Waals surface area contributed by atoms with E-state index in [-0.39, 0.29) is 45.7 Å². The first-order valence-electron chi connectivity index (χ1n) is 11.2. The molecule has 35 heavy (non-hydrogen) atoms. The van der Waals surface area contributed by atoms with E-state index in [2.05, 4.69) is 5.32 Å². The van der Waals surface area contributed by atoms with E-state index in [0.717, 1.165) is 12.1 Å². The summed E-state index contributed by atoms with van der Waals surface area (Å²) in [6.45, 7) is 1.22. The van der Waals surface area contributed by atoms with Gasteiger partial charge in [0.2, 0.25) is 0 Å². The average molecular weight is 474 g/mol. The van der Waals surface area contributed by atoms with E-state index in [1.807, 2.05) is 0 Å². The zero-order valence-corrected chi connectivity index (χ0v) is 18.6. The van der Waals surface area contributed by atoms with Crippen molar-refractivity contribution in [2.24, 2.45) is 5.92 Å².